The minimum Gasteiger partial charge on any atom is -0.329 e. The Labute approximate surface area is 79.8 Å². The second-order valence-corrected chi connectivity index (χ2v) is 3.46. The van der Waals surface area contributed by atoms with E-state index in [1.165, 1.54) is 4.90 Å². The van der Waals surface area contributed by atoms with Gasteiger partial charge in [-0.25, -0.2) is 4.98 Å². The fourth-order valence-corrected chi connectivity index (χ4v) is 1.61. The van der Waals surface area contributed by atoms with Gasteiger partial charge in [-0.1, -0.05) is 0 Å². The van der Waals surface area contributed by atoms with Crippen LogP contribution in [0.4, 0.5) is 0 Å². The number of nitriles is 1. The molecule has 0 aliphatic heterocycles. The van der Waals surface area contributed by atoms with E-state index >= 15 is 0 Å². The van der Waals surface area contributed by atoms with Crippen molar-refractivity contribution >= 4 is 22.8 Å². The van der Waals surface area contributed by atoms with Crippen LogP contribution in [0.3, 0.4) is 0 Å². The predicted octanol–water partition coefficient (Wildman–Crippen LogP) is 2.16. The van der Waals surface area contributed by atoms with Gasteiger partial charge in [0.2, 0.25) is 5.82 Å². The summed E-state index contributed by atoms with van der Waals surface area (Å²) >= 11 is 1.67. The van der Waals surface area contributed by atoms with E-state index in [9.17, 15) is 0 Å². The van der Waals surface area contributed by atoms with E-state index < -0.39 is 0 Å². The fraction of sp³-hybridized carbons (Fsp3) is 0.111. The Morgan fingerprint density at radius 2 is 2.38 bits per heavy atom. The van der Waals surface area contributed by atoms with Crippen LogP contribution < -0.4 is 0 Å². The number of aromatic nitrogens is 2. The molecule has 0 amide bonds. The minimum absolute atomic E-state index is 0.369. The molecular weight excluding hydrogens is 182 g/mol. The zero-order chi connectivity index (χ0) is 9.26. The normalized spacial score (nSPS) is 10.2. The molecule has 1 aromatic heterocycles. The standard InChI is InChI=1S/C9H7N3S/c1-13-6-2-3-7-8(4-6)12-9(5-10)11-7/h2-4H,1H3,(H,11,12). The fourth-order valence-electron chi connectivity index (χ4n) is 1.17. The molecule has 0 saturated carbocycles. The molecule has 0 aliphatic carbocycles. The number of hydrogen-bond donors (Lipinski definition) is 1. The first-order valence-corrected chi connectivity index (χ1v) is 5.00. The lowest BCUT2D eigenvalue weighted by Gasteiger charge is -1.93. The summed E-state index contributed by atoms with van der Waals surface area (Å²) in [5, 5.41) is 8.62. The van der Waals surface area contributed by atoms with E-state index in [1.54, 1.807) is 11.8 Å². The summed E-state index contributed by atoms with van der Waals surface area (Å²) in [6.07, 6.45) is 2.02. The van der Waals surface area contributed by atoms with Crippen LogP contribution in [0.5, 0.6) is 0 Å². The maximum absolute atomic E-state index is 8.62. The smallest absolute Gasteiger partial charge is 0.211 e. The molecule has 1 aromatic carbocycles. The zero-order valence-corrected chi connectivity index (χ0v) is 7.85. The van der Waals surface area contributed by atoms with Gasteiger partial charge in [-0.2, -0.15) is 5.26 Å². The van der Waals surface area contributed by atoms with Gasteiger partial charge < -0.3 is 4.98 Å². The first-order valence-electron chi connectivity index (χ1n) is 3.77. The third kappa shape index (κ3) is 1.38. The molecule has 1 N–H and O–H groups in total. The van der Waals surface area contributed by atoms with Crippen LogP contribution >= 0.6 is 11.8 Å². The van der Waals surface area contributed by atoms with Gasteiger partial charge in [0.05, 0.1) is 11.0 Å². The molecule has 0 spiro atoms. The van der Waals surface area contributed by atoms with E-state index in [2.05, 4.69) is 9.97 Å². The number of thioether (sulfide) groups is 1. The third-order valence-electron chi connectivity index (χ3n) is 1.79. The second kappa shape index (κ2) is 3.11. The maximum atomic E-state index is 8.62. The number of nitrogens with zero attached hydrogens (tertiary/aromatic N) is 2. The van der Waals surface area contributed by atoms with Crippen molar-refractivity contribution in [3.8, 4) is 6.07 Å². The molecule has 0 radical (unpaired) electrons. The first-order chi connectivity index (χ1) is 6.33. The van der Waals surface area contributed by atoms with Crippen molar-refractivity contribution in [3.05, 3.63) is 24.0 Å². The molecule has 2 aromatic rings. The molecule has 0 fully saturated rings. The predicted molar refractivity (Wildman–Crippen MR) is 52.6 cm³/mol. The quantitative estimate of drug-likeness (QED) is 0.699. The van der Waals surface area contributed by atoms with Crippen molar-refractivity contribution in [1.29, 1.82) is 5.26 Å². The maximum Gasteiger partial charge on any atom is 0.211 e. The van der Waals surface area contributed by atoms with Gasteiger partial charge in [-0.15, -0.1) is 11.8 Å². The van der Waals surface area contributed by atoms with Gasteiger partial charge in [0, 0.05) is 4.90 Å². The average molecular weight is 189 g/mol. The van der Waals surface area contributed by atoms with Gasteiger partial charge in [0.25, 0.3) is 0 Å². The largest absolute Gasteiger partial charge is 0.329 e. The summed E-state index contributed by atoms with van der Waals surface area (Å²) in [5.74, 6) is 0.369. The number of benzene rings is 1. The number of nitrogens with one attached hydrogen (secondary N) is 1. The Bertz CT molecular complexity index is 481. The van der Waals surface area contributed by atoms with Crippen LogP contribution in [0.25, 0.3) is 11.0 Å². The van der Waals surface area contributed by atoms with Crippen molar-refractivity contribution in [2.75, 3.05) is 6.26 Å². The molecule has 13 heavy (non-hydrogen) atoms. The number of fused-ring (bicyclic) bond motifs is 1. The van der Waals surface area contributed by atoms with Gasteiger partial charge >= 0.3 is 0 Å². The molecule has 3 nitrogen and oxygen atoms in total. The van der Waals surface area contributed by atoms with Crippen molar-refractivity contribution < 1.29 is 0 Å². The summed E-state index contributed by atoms with van der Waals surface area (Å²) < 4.78 is 0. The molecule has 0 unspecified atom stereocenters. The summed E-state index contributed by atoms with van der Waals surface area (Å²) in [6.45, 7) is 0. The summed E-state index contributed by atoms with van der Waals surface area (Å²) in [5.41, 5.74) is 1.76. The molecule has 4 heteroatoms. The van der Waals surface area contributed by atoms with Crippen LogP contribution in [-0.2, 0) is 0 Å². The highest BCUT2D eigenvalue weighted by Crippen LogP contribution is 2.19. The molecule has 64 valence electrons. The van der Waals surface area contributed by atoms with Crippen LogP contribution in [0.15, 0.2) is 23.1 Å². The van der Waals surface area contributed by atoms with Crippen molar-refractivity contribution in [3.63, 3.8) is 0 Å². The molecule has 2 rings (SSSR count). The van der Waals surface area contributed by atoms with E-state index in [4.69, 9.17) is 5.26 Å². The number of rotatable bonds is 1. The van der Waals surface area contributed by atoms with Gasteiger partial charge in [0.1, 0.15) is 6.07 Å². The lowest BCUT2D eigenvalue weighted by Crippen LogP contribution is -1.72. The molecule has 0 bridgehead atoms. The van der Waals surface area contributed by atoms with Gasteiger partial charge in [0.15, 0.2) is 0 Å². The lowest BCUT2D eigenvalue weighted by atomic mass is 10.3. The Balaban J connectivity index is 2.65. The Morgan fingerprint density at radius 1 is 1.54 bits per heavy atom. The van der Waals surface area contributed by atoms with Crippen molar-refractivity contribution in [2.45, 2.75) is 4.90 Å². The molecule has 0 atom stereocenters. The summed E-state index contributed by atoms with van der Waals surface area (Å²) in [6, 6.07) is 7.88. The minimum atomic E-state index is 0.369. The number of H-pyrrole nitrogens is 1. The second-order valence-electron chi connectivity index (χ2n) is 2.58. The SMILES string of the molecule is CSc1ccc2nc(C#N)[nH]c2c1. The van der Waals surface area contributed by atoms with E-state index in [0.717, 1.165) is 11.0 Å². The van der Waals surface area contributed by atoms with Crippen LogP contribution in [0.2, 0.25) is 0 Å². The zero-order valence-electron chi connectivity index (χ0n) is 7.03. The number of imidazole rings is 1. The summed E-state index contributed by atoms with van der Waals surface area (Å²) in [4.78, 5) is 8.18. The summed E-state index contributed by atoms with van der Waals surface area (Å²) in [7, 11) is 0. The number of aromatic amines is 1. The topological polar surface area (TPSA) is 52.5 Å². The van der Waals surface area contributed by atoms with Crippen molar-refractivity contribution in [2.24, 2.45) is 0 Å². The van der Waals surface area contributed by atoms with Gasteiger partial charge in [-0.3, -0.25) is 0 Å². The van der Waals surface area contributed by atoms with Crippen LogP contribution in [0, 0.1) is 11.3 Å². The van der Waals surface area contributed by atoms with Gasteiger partial charge in [-0.05, 0) is 24.5 Å². The number of hydrogen-bond acceptors (Lipinski definition) is 3. The highest BCUT2D eigenvalue weighted by atomic mass is 32.2. The highest BCUT2D eigenvalue weighted by molar-refractivity contribution is 7.98. The van der Waals surface area contributed by atoms with E-state index in [1.807, 2.05) is 30.5 Å². The van der Waals surface area contributed by atoms with Crippen LogP contribution in [0.1, 0.15) is 5.82 Å². The average Bonchev–Trinajstić information content (AvgIpc) is 2.58. The monoisotopic (exact) mass is 189 g/mol. The Hall–Kier alpha value is -1.47. The van der Waals surface area contributed by atoms with Crippen LogP contribution in [-0.4, -0.2) is 16.2 Å². The highest BCUT2D eigenvalue weighted by Gasteiger charge is 2.01. The lowest BCUT2D eigenvalue weighted by molar-refractivity contribution is 1.25. The van der Waals surface area contributed by atoms with Crippen molar-refractivity contribution in [1.82, 2.24) is 9.97 Å². The molecule has 1 heterocycles. The molecule has 0 saturated heterocycles. The molecule has 0 aliphatic rings. The third-order valence-corrected chi connectivity index (χ3v) is 2.52. The first kappa shape index (κ1) is 8.14. The molecular formula is C9H7N3S. The van der Waals surface area contributed by atoms with E-state index in [-0.39, 0.29) is 0 Å². The Morgan fingerprint density at radius 3 is 3.08 bits per heavy atom. The van der Waals surface area contributed by atoms with E-state index in [0.29, 0.717) is 5.82 Å². The Kier molecular flexibility index (Phi) is 1.95.